The normalized spacial score (nSPS) is 10.4. The number of carbonyl (C=O) groups is 1. The number of rotatable bonds is 6. The summed E-state index contributed by atoms with van der Waals surface area (Å²) in [6.45, 7) is 5.70. The van der Waals surface area contributed by atoms with Crippen molar-refractivity contribution in [3.8, 4) is 17.0 Å². The molecule has 6 heteroatoms. The summed E-state index contributed by atoms with van der Waals surface area (Å²) in [4.78, 5) is 15.9. The first kappa shape index (κ1) is 21.3. The van der Waals surface area contributed by atoms with Crippen molar-refractivity contribution in [2.24, 2.45) is 11.1 Å². The second-order valence-corrected chi connectivity index (χ2v) is 6.26. The van der Waals surface area contributed by atoms with Gasteiger partial charge in [0.1, 0.15) is 6.61 Å². The minimum atomic E-state index is -0.727. The van der Waals surface area contributed by atoms with Crippen LogP contribution in [0.5, 0.6) is 5.88 Å². The zero-order valence-corrected chi connectivity index (χ0v) is 16.0. The summed E-state index contributed by atoms with van der Waals surface area (Å²) in [6, 6.07) is 9.61. The average molecular weight is 357 g/mol. The number of esters is 1. The van der Waals surface area contributed by atoms with E-state index in [1.165, 1.54) is 20.4 Å². The minimum absolute atomic E-state index is 0.194. The van der Waals surface area contributed by atoms with Crippen molar-refractivity contribution in [2.45, 2.75) is 20.8 Å². The quantitative estimate of drug-likeness (QED) is 0.611. The van der Waals surface area contributed by atoms with Gasteiger partial charge < -0.3 is 20.6 Å². The third-order valence-corrected chi connectivity index (χ3v) is 3.81. The van der Waals surface area contributed by atoms with Crippen molar-refractivity contribution >= 4 is 12.2 Å². The minimum Gasteiger partial charge on any atom is -0.476 e. The molecule has 140 valence electrons. The van der Waals surface area contributed by atoms with Gasteiger partial charge in [-0.1, -0.05) is 18.2 Å². The molecule has 0 radical (unpaired) electrons. The molecule has 0 amide bonds. The van der Waals surface area contributed by atoms with Crippen LogP contribution in [0.15, 0.2) is 36.5 Å². The van der Waals surface area contributed by atoms with Crippen LogP contribution in [0.25, 0.3) is 11.1 Å². The molecule has 1 aromatic heterocycles. The molecule has 3 N–H and O–H groups in total. The fraction of sp³-hybridized carbons (Fsp3) is 0.350. The topological polar surface area (TPSA) is 98.3 Å². The van der Waals surface area contributed by atoms with E-state index in [-0.39, 0.29) is 12.6 Å². The van der Waals surface area contributed by atoms with Crippen LogP contribution in [-0.4, -0.2) is 37.9 Å². The highest BCUT2D eigenvalue weighted by atomic mass is 16.5. The number of aryl methyl sites for hydroxylation is 1. The Labute approximate surface area is 154 Å². The molecule has 6 nitrogen and oxygen atoms in total. The van der Waals surface area contributed by atoms with Gasteiger partial charge in [0.15, 0.2) is 0 Å². The van der Waals surface area contributed by atoms with Crippen LogP contribution in [0, 0.1) is 17.7 Å². The van der Waals surface area contributed by atoms with E-state index in [2.05, 4.69) is 10.7 Å². The van der Waals surface area contributed by atoms with Crippen LogP contribution >= 0.6 is 0 Å². The Balaban J connectivity index is 0.00000163. The van der Waals surface area contributed by atoms with E-state index in [1.807, 2.05) is 31.2 Å². The van der Waals surface area contributed by atoms with Crippen molar-refractivity contribution in [1.29, 1.82) is 5.41 Å². The third kappa shape index (κ3) is 5.39. The SMILES string of the molecule is CN.COC(=O)C(C)(C)COc1ccc(-c2ccc(C=N)c(C)c2)cn1. The lowest BCUT2D eigenvalue weighted by atomic mass is 9.95. The Kier molecular flexibility index (Phi) is 7.93. The van der Waals surface area contributed by atoms with Crippen molar-refractivity contribution in [3.05, 3.63) is 47.7 Å². The van der Waals surface area contributed by atoms with Gasteiger partial charge in [0, 0.05) is 24.0 Å². The molecule has 0 fully saturated rings. The van der Waals surface area contributed by atoms with Gasteiger partial charge in [-0.2, -0.15) is 0 Å². The van der Waals surface area contributed by atoms with E-state index < -0.39 is 5.41 Å². The first-order valence-electron chi connectivity index (χ1n) is 8.24. The maximum absolute atomic E-state index is 11.6. The molecule has 26 heavy (non-hydrogen) atoms. The van der Waals surface area contributed by atoms with Crippen LogP contribution < -0.4 is 10.5 Å². The molecular formula is C20H27N3O3. The molecule has 0 atom stereocenters. The largest absolute Gasteiger partial charge is 0.476 e. The van der Waals surface area contributed by atoms with Gasteiger partial charge in [-0.3, -0.25) is 4.79 Å². The standard InChI is InChI=1S/C19H22N2O3.CH5N/c1-13-9-14(5-6-15(13)10-20)16-7-8-17(21-11-16)24-12-19(2,3)18(22)23-4;1-2/h5-11,20H,12H2,1-4H3;2H2,1H3. The summed E-state index contributed by atoms with van der Waals surface area (Å²) < 4.78 is 10.4. The molecule has 2 aromatic rings. The fourth-order valence-electron chi connectivity index (χ4n) is 2.24. The highest BCUT2D eigenvalue weighted by Crippen LogP contribution is 2.24. The van der Waals surface area contributed by atoms with Crippen molar-refractivity contribution in [3.63, 3.8) is 0 Å². The summed E-state index contributed by atoms with van der Waals surface area (Å²) in [7, 11) is 2.86. The molecule has 0 saturated carbocycles. The number of pyridine rings is 1. The van der Waals surface area contributed by atoms with Gasteiger partial charge in [0.2, 0.25) is 5.88 Å². The molecule has 2 rings (SSSR count). The molecular weight excluding hydrogens is 330 g/mol. The molecule has 1 aromatic carbocycles. The first-order valence-corrected chi connectivity index (χ1v) is 8.24. The molecule has 0 aliphatic heterocycles. The Bertz CT molecular complexity index is 740. The maximum atomic E-state index is 11.6. The number of ether oxygens (including phenoxy) is 2. The van der Waals surface area contributed by atoms with Gasteiger partial charge in [-0.15, -0.1) is 0 Å². The van der Waals surface area contributed by atoms with E-state index in [0.717, 1.165) is 22.3 Å². The monoisotopic (exact) mass is 357 g/mol. The molecule has 0 saturated heterocycles. The van der Waals surface area contributed by atoms with Gasteiger partial charge in [0.05, 0.1) is 12.5 Å². The number of aromatic nitrogens is 1. The second-order valence-electron chi connectivity index (χ2n) is 6.26. The number of methoxy groups -OCH3 is 1. The highest BCUT2D eigenvalue weighted by molar-refractivity contribution is 5.81. The smallest absolute Gasteiger partial charge is 0.314 e. The highest BCUT2D eigenvalue weighted by Gasteiger charge is 2.29. The van der Waals surface area contributed by atoms with E-state index in [0.29, 0.717) is 5.88 Å². The molecule has 0 aliphatic carbocycles. The summed E-state index contributed by atoms with van der Waals surface area (Å²) in [5.74, 6) is 0.143. The van der Waals surface area contributed by atoms with E-state index in [1.54, 1.807) is 26.1 Å². The summed E-state index contributed by atoms with van der Waals surface area (Å²) in [6.07, 6.45) is 3.08. The van der Waals surface area contributed by atoms with Crippen LogP contribution in [0.4, 0.5) is 0 Å². The average Bonchev–Trinajstić information content (AvgIpc) is 2.67. The van der Waals surface area contributed by atoms with Crippen LogP contribution in [-0.2, 0) is 9.53 Å². The van der Waals surface area contributed by atoms with Crippen molar-refractivity contribution < 1.29 is 14.3 Å². The molecule has 1 heterocycles. The number of carbonyl (C=O) groups excluding carboxylic acids is 1. The number of hydrogen-bond acceptors (Lipinski definition) is 6. The predicted molar refractivity (Wildman–Crippen MR) is 104 cm³/mol. The molecule has 0 unspecified atom stereocenters. The van der Waals surface area contributed by atoms with Gasteiger partial charge in [-0.05, 0) is 50.6 Å². The molecule has 0 aliphatic rings. The number of nitrogens with one attached hydrogen (secondary N) is 1. The van der Waals surface area contributed by atoms with E-state index in [9.17, 15) is 4.79 Å². The molecule has 0 spiro atoms. The van der Waals surface area contributed by atoms with E-state index in [4.69, 9.17) is 14.9 Å². The predicted octanol–water partition coefficient (Wildman–Crippen LogP) is 3.21. The van der Waals surface area contributed by atoms with Gasteiger partial charge in [-0.25, -0.2) is 4.98 Å². The lowest BCUT2D eigenvalue weighted by molar-refractivity contribution is -0.152. The van der Waals surface area contributed by atoms with Crippen molar-refractivity contribution in [2.75, 3.05) is 20.8 Å². The Hall–Kier alpha value is -2.73. The third-order valence-electron chi connectivity index (χ3n) is 3.81. The lowest BCUT2D eigenvalue weighted by Crippen LogP contribution is -2.32. The number of nitrogens with two attached hydrogens (primary N) is 1. The maximum Gasteiger partial charge on any atom is 0.314 e. The second kappa shape index (κ2) is 9.68. The van der Waals surface area contributed by atoms with Crippen LogP contribution in [0.2, 0.25) is 0 Å². The zero-order valence-electron chi connectivity index (χ0n) is 16.0. The number of nitrogens with zero attached hydrogens (tertiary/aromatic N) is 1. The van der Waals surface area contributed by atoms with E-state index >= 15 is 0 Å². The summed E-state index contributed by atoms with van der Waals surface area (Å²) >= 11 is 0. The summed E-state index contributed by atoms with van der Waals surface area (Å²) in [5, 5.41) is 7.34. The zero-order chi connectivity index (χ0) is 19.7. The Morgan fingerprint density at radius 2 is 1.88 bits per heavy atom. The summed E-state index contributed by atoms with van der Waals surface area (Å²) in [5.41, 5.74) is 7.72. The van der Waals surface area contributed by atoms with Gasteiger partial charge in [0.25, 0.3) is 0 Å². The Morgan fingerprint density at radius 3 is 2.38 bits per heavy atom. The first-order chi connectivity index (χ1) is 12.4. The fourth-order valence-corrected chi connectivity index (χ4v) is 2.24. The van der Waals surface area contributed by atoms with Gasteiger partial charge >= 0.3 is 5.97 Å². The molecule has 0 bridgehead atoms. The van der Waals surface area contributed by atoms with Crippen LogP contribution in [0.3, 0.4) is 0 Å². The Morgan fingerprint density at radius 1 is 1.23 bits per heavy atom. The van der Waals surface area contributed by atoms with Crippen LogP contribution in [0.1, 0.15) is 25.0 Å². The lowest BCUT2D eigenvalue weighted by Gasteiger charge is -2.21. The van der Waals surface area contributed by atoms with Crippen molar-refractivity contribution in [1.82, 2.24) is 4.98 Å². The number of benzene rings is 1. The number of hydrogen-bond donors (Lipinski definition) is 2.